The number of pyridine rings is 2. The van der Waals surface area contributed by atoms with Crippen LogP contribution in [0.15, 0.2) is 81.9 Å². The van der Waals surface area contributed by atoms with E-state index in [1.807, 2.05) is 14.1 Å². The molecule has 0 unspecified atom stereocenters. The third-order valence-corrected chi connectivity index (χ3v) is 12.5. The Morgan fingerprint density at radius 3 is 1.43 bits per heavy atom. The van der Waals surface area contributed by atoms with Gasteiger partial charge in [0.2, 0.25) is 23.3 Å². The number of carbonyl (C=O) groups is 4. The Balaban J connectivity index is 0.000000247. The molecule has 0 atom stereocenters. The zero-order valence-electron chi connectivity index (χ0n) is 37.5. The van der Waals surface area contributed by atoms with Crippen molar-refractivity contribution in [2.45, 2.75) is 63.5 Å². The summed E-state index contributed by atoms with van der Waals surface area (Å²) in [4.78, 5) is 75.4. The minimum atomic E-state index is -0.653. The van der Waals surface area contributed by atoms with E-state index in [2.05, 4.69) is 55.1 Å². The van der Waals surface area contributed by atoms with Crippen LogP contribution in [-0.2, 0) is 9.59 Å². The molecule has 2 saturated carbocycles. The standard InChI is InChI=1S/C23H24ClN5O5.C23H26ClN5O3.2ClH/c1-28(2)15-6-3-13(4-7-15)22(30)27-20-17-11-16(29(32)33)8-9-18(17)34-21(20)23(31)26-19-10-5-14(24)12-25-19;1-29(2)16-7-3-13(4-8-16)22(30)28-20-17-11-15(25)6-9-18(17)32-21(20)23(31)27-19-10-5-14(24)12-26-19;;/h5,8-13,15H,3-4,6-7H2,1-2H3,(H,27,30)(H,25,26,31);5-6,9-13,16H,3-4,7-8,25H2,1-2H3,(H,28,30)(H,26,27,31);2*1H. The lowest BCUT2D eigenvalue weighted by atomic mass is 9.85. The molecule has 4 amide bonds. The first kappa shape index (κ1) is 52.9. The number of fused-ring (bicyclic) bond motifs is 2. The number of nitrogens with zero attached hydrogens (tertiary/aromatic N) is 5. The lowest BCUT2D eigenvalue weighted by Gasteiger charge is -2.31. The van der Waals surface area contributed by atoms with Crippen LogP contribution in [-0.4, -0.2) is 88.6 Å². The highest BCUT2D eigenvalue weighted by molar-refractivity contribution is 6.30. The average molecular weight is 1010 g/mol. The van der Waals surface area contributed by atoms with Gasteiger partial charge in [-0.25, -0.2) is 9.97 Å². The number of non-ortho nitro benzene ring substituents is 1. The first-order valence-electron chi connectivity index (χ1n) is 21.4. The van der Waals surface area contributed by atoms with Crippen molar-refractivity contribution in [1.29, 1.82) is 0 Å². The van der Waals surface area contributed by atoms with Gasteiger partial charge < -0.3 is 45.6 Å². The molecule has 4 aromatic heterocycles. The van der Waals surface area contributed by atoms with Crippen molar-refractivity contribution >= 4 is 128 Å². The maximum Gasteiger partial charge on any atom is 0.294 e. The number of halogens is 4. The molecule has 0 spiro atoms. The normalized spacial score (nSPS) is 17.8. The number of hydrogen-bond acceptors (Lipinski definition) is 13. The number of aromatic nitrogens is 2. The molecule has 8 rings (SSSR count). The molecule has 68 heavy (non-hydrogen) atoms. The van der Waals surface area contributed by atoms with Crippen LogP contribution in [0.3, 0.4) is 0 Å². The highest BCUT2D eigenvalue weighted by Crippen LogP contribution is 2.37. The number of carbonyl (C=O) groups excluding carboxylic acids is 4. The van der Waals surface area contributed by atoms with E-state index in [9.17, 15) is 29.3 Å². The summed E-state index contributed by atoms with van der Waals surface area (Å²) in [6.07, 6.45) is 9.51. The number of nitrogen functional groups attached to an aromatic ring is 1. The summed E-state index contributed by atoms with van der Waals surface area (Å²) in [7, 11) is 8.17. The van der Waals surface area contributed by atoms with E-state index in [1.165, 1.54) is 36.7 Å². The van der Waals surface area contributed by atoms with E-state index < -0.39 is 16.7 Å². The fraction of sp³-hybridized carbons (Fsp3) is 0.348. The van der Waals surface area contributed by atoms with Crippen molar-refractivity contribution in [3.05, 3.63) is 105 Å². The van der Waals surface area contributed by atoms with Crippen LogP contribution in [0.2, 0.25) is 10.0 Å². The quantitative estimate of drug-likeness (QED) is 0.0461. The van der Waals surface area contributed by atoms with Gasteiger partial charge in [0.15, 0.2) is 0 Å². The Labute approximate surface area is 414 Å². The van der Waals surface area contributed by atoms with E-state index in [4.69, 9.17) is 37.8 Å². The zero-order chi connectivity index (χ0) is 47.2. The molecule has 0 bridgehead atoms. The van der Waals surface area contributed by atoms with Gasteiger partial charge in [-0.3, -0.25) is 29.3 Å². The number of nitrogens with one attached hydrogen (secondary N) is 4. The summed E-state index contributed by atoms with van der Waals surface area (Å²) < 4.78 is 11.5. The Hall–Kier alpha value is -6.02. The van der Waals surface area contributed by atoms with Crippen molar-refractivity contribution in [3.63, 3.8) is 0 Å². The molecule has 18 nitrogen and oxygen atoms in total. The molecule has 362 valence electrons. The fourth-order valence-corrected chi connectivity index (χ4v) is 8.51. The van der Waals surface area contributed by atoms with Gasteiger partial charge in [0, 0.05) is 59.5 Å². The topological polar surface area (TPSA) is 244 Å². The number of furan rings is 2. The van der Waals surface area contributed by atoms with Crippen molar-refractivity contribution in [1.82, 2.24) is 19.8 Å². The van der Waals surface area contributed by atoms with E-state index in [-0.39, 0.29) is 88.1 Å². The van der Waals surface area contributed by atoms with Crippen LogP contribution in [0, 0.1) is 22.0 Å². The molecule has 4 heterocycles. The highest BCUT2D eigenvalue weighted by Gasteiger charge is 2.32. The summed E-state index contributed by atoms with van der Waals surface area (Å²) in [5.74, 6) is -1.50. The predicted molar refractivity (Wildman–Crippen MR) is 269 cm³/mol. The lowest BCUT2D eigenvalue weighted by Crippen LogP contribution is -2.35. The smallest absolute Gasteiger partial charge is 0.294 e. The minimum Gasteiger partial charge on any atom is -0.449 e. The maximum atomic E-state index is 13.1. The van der Waals surface area contributed by atoms with E-state index in [1.54, 1.807) is 36.4 Å². The number of rotatable bonds is 11. The molecular weight excluding hydrogens is 962 g/mol. The Bertz CT molecular complexity index is 2750. The number of anilines is 5. The third kappa shape index (κ3) is 12.7. The molecule has 6 N–H and O–H groups in total. The lowest BCUT2D eigenvalue weighted by molar-refractivity contribution is -0.384. The van der Waals surface area contributed by atoms with E-state index in [0.29, 0.717) is 63.1 Å². The first-order valence-corrected chi connectivity index (χ1v) is 22.1. The van der Waals surface area contributed by atoms with Crippen LogP contribution in [0.25, 0.3) is 21.9 Å². The van der Waals surface area contributed by atoms with E-state index >= 15 is 0 Å². The molecular formula is C46H52Cl4N10O8. The minimum absolute atomic E-state index is 0. The van der Waals surface area contributed by atoms with Crippen LogP contribution in [0.1, 0.15) is 72.5 Å². The van der Waals surface area contributed by atoms with Gasteiger partial charge in [0.25, 0.3) is 17.5 Å². The van der Waals surface area contributed by atoms with Crippen LogP contribution < -0.4 is 27.0 Å². The van der Waals surface area contributed by atoms with Crippen molar-refractivity contribution in [3.8, 4) is 0 Å². The number of benzene rings is 2. The summed E-state index contributed by atoms with van der Waals surface area (Å²) in [6.45, 7) is 0. The van der Waals surface area contributed by atoms with Gasteiger partial charge in [0.05, 0.1) is 20.4 Å². The number of nitrogens with two attached hydrogens (primary N) is 1. The van der Waals surface area contributed by atoms with Crippen molar-refractivity contribution in [2.75, 3.05) is 55.2 Å². The second-order valence-corrected chi connectivity index (χ2v) is 17.7. The molecule has 0 aliphatic heterocycles. The van der Waals surface area contributed by atoms with Gasteiger partial charge in [-0.15, -0.1) is 24.8 Å². The van der Waals surface area contributed by atoms with Gasteiger partial charge >= 0.3 is 0 Å². The second-order valence-electron chi connectivity index (χ2n) is 16.9. The zero-order valence-corrected chi connectivity index (χ0v) is 40.7. The van der Waals surface area contributed by atoms with Gasteiger partial charge in [0.1, 0.15) is 34.2 Å². The number of amides is 4. The van der Waals surface area contributed by atoms with Crippen LogP contribution >= 0.6 is 48.0 Å². The first-order chi connectivity index (χ1) is 31.5. The Morgan fingerprint density at radius 2 is 1.04 bits per heavy atom. The van der Waals surface area contributed by atoms with Gasteiger partial charge in [-0.1, -0.05) is 23.2 Å². The molecule has 2 aliphatic rings. The molecule has 2 fully saturated rings. The van der Waals surface area contributed by atoms with Crippen molar-refractivity contribution < 1.29 is 32.9 Å². The molecule has 22 heteroatoms. The molecule has 2 aromatic carbocycles. The molecule has 0 radical (unpaired) electrons. The number of hydrogen-bond donors (Lipinski definition) is 5. The van der Waals surface area contributed by atoms with Crippen LogP contribution in [0.4, 0.5) is 34.4 Å². The summed E-state index contributed by atoms with van der Waals surface area (Å²) in [5, 5.41) is 24.1. The van der Waals surface area contributed by atoms with Crippen molar-refractivity contribution in [2.24, 2.45) is 11.8 Å². The largest absolute Gasteiger partial charge is 0.449 e. The highest BCUT2D eigenvalue weighted by atomic mass is 35.5. The summed E-state index contributed by atoms with van der Waals surface area (Å²) in [5.41, 5.74) is 7.40. The monoisotopic (exact) mass is 1010 g/mol. The van der Waals surface area contributed by atoms with Gasteiger partial charge in [-0.05, 0) is 128 Å². The average Bonchev–Trinajstić information content (AvgIpc) is 3.85. The summed E-state index contributed by atoms with van der Waals surface area (Å²) in [6, 6.07) is 16.2. The molecule has 2 aliphatic carbocycles. The van der Waals surface area contributed by atoms with E-state index in [0.717, 1.165) is 38.5 Å². The Morgan fingerprint density at radius 1 is 0.632 bits per heavy atom. The van der Waals surface area contributed by atoms with Gasteiger partial charge in [-0.2, -0.15) is 0 Å². The SMILES string of the molecule is CN(C)C1CCC(C(=O)Nc2c(C(=O)Nc3ccc(Cl)cn3)oc3ccc(N)cc23)CC1.CN(C)C1CCC(C(=O)Nc2c(C(=O)Nc3ccc(Cl)cn3)oc3ccc([N+](=O)[O-])cc23)CC1.Cl.Cl. The maximum absolute atomic E-state index is 13.1. The molecule has 6 aromatic rings. The van der Waals surface area contributed by atoms with Crippen LogP contribution in [0.5, 0.6) is 0 Å². The number of nitro groups is 1. The predicted octanol–water partition coefficient (Wildman–Crippen LogP) is 9.92. The third-order valence-electron chi connectivity index (χ3n) is 12.0. The number of nitro benzene ring substituents is 1. The molecule has 0 saturated heterocycles. The summed E-state index contributed by atoms with van der Waals surface area (Å²) >= 11 is 11.7. The second kappa shape index (κ2) is 23.3. The Kier molecular flexibility index (Phi) is 18.2. The fourth-order valence-electron chi connectivity index (χ4n) is 8.29.